The van der Waals surface area contributed by atoms with Gasteiger partial charge in [-0.3, -0.25) is 4.98 Å². The van der Waals surface area contributed by atoms with Crippen molar-refractivity contribution in [2.75, 3.05) is 5.73 Å². The molecule has 0 fully saturated rings. The molecular weight excluding hydrogens is 234 g/mol. The third-order valence-corrected chi connectivity index (χ3v) is 4.09. The number of rotatable bonds is 1. The van der Waals surface area contributed by atoms with Crippen LogP contribution in [-0.4, -0.2) is 9.97 Å². The van der Waals surface area contributed by atoms with Crippen molar-refractivity contribution in [1.29, 1.82) is 0 Å². The standard InChI is InChI=1S/C16H15N3/c17-16-11-3-1-2-10(11)4-5-13(16)14-8-18-9-15-12(14)6-7-19-15/h4-9,19H,1-3,17H2. The molecule has 3 heteroatoms. The summed E-state index contributed by atoms with van der Waals surface area (Å²) in [4.78, 5) is 7.51. The number of nitrogens with two attached hydrogens (primary N) is 1. The van der Waals surface area contributed by atoms with Crippen molar-refractivity contribution in [3.8, 4) is 11.1 Å². The minimum absolute atomic E-state index is 0.936. The van der Waals surface area contributed by atoms with Crippen molar-refractivity contribution in [1.82, 2.24) is 9.97 Å². The normalized spacial score (nSPS) is 13.9. The molecule has 1 aliphatic rings. The molecule has 1 aliphatic carbocycles. The lowest BCUT2D eigenvalue weighted by molar-refractivity contribution is 0.912. The molecule has 0 spiro atoms. The van der Waals surface area contributed by atoms with Crippen molar-refractivity contribution in [2.45, 2.75) is 19.3 Å². The Hall–Kier alpha value is -2.29. The second kappa shape index (κ2) is 3.85. The van der Waals surface area contributed by atoms with Gasteiger partial charge in [-0.2, -0.15) is 0 Å². The monoisotopic (exact) mass is 249 g/mol. The maximum atomic E-state index is 6.39. The molecule has 3 N–H and O–H groups in total. The number of aromatic nitrogens is 2. The number of nitrogen functional groups attached to an aromatic ring is 1. The quantitative estimate of drug-likeness (QED) is 0.650. The lowest BCUT2D eigenvalue weighted by Crippen LogP contribution is -1.97. The number of nitrogens with zero attached hydrogens (tertiary/aromatic N) is 1. The van der Waals surface area contributed by atoms with Gasteiger partial charge in [-0.25, -0.2) is 0 Å². The first-order valence-corrected chi connectivity index (χ1v) is 6.66. The molecule has 94 valence electrons. The fraction of sp³-hybridized carbons (Fsp3) is 0.188. The van der Waals surface area contributed by atoms with E-state index in [0.29, 0.717) is 0 Å². The zero-order valence-electron chi connectivity index (χ0n) is 10.6. The molecule has 0 bridgehead atoms. The van der Waals surface area contributed by atoms with Crippen LogP contribution < -0.4 is 5.73 Å². The van der Waals surface area contributed by atoms with Gasteiger partial charge in [-0.15, -0.1) is 0 Å². The van der Waals surface area contributed by atoms with Crippen molar-refractivity contribution in [3.05, 3.63) is 47.9 Å². The fourth-order valence-electron chi connectivity index (χ4n) is 3.12. The Morgan fingerprint density at radius 3 is 2.95 bits per heavy atom. The Morgan fingerprint density at radius 1 is 1.05 bits per heavy atom. The van der Waals surface area contributed by atoms with Gasteiger partial charge in [-0.1, -0.05) is 12.1 Å². The highest BCUT2D eigenvalue weighted by Crippen LogP contribution is 2.37. The smallest absolute Gasteiger partial charge is 0.0646 e. The summed E-state index contributed by atoms with van der Waals surface area (Å²) in [5, 5.41) is 1.18. The summed E-state index contributed by atoms with van der Waals surface area (Å²) >= 11 is 0. The number of nitrogens with one attached hydrogen (secondary N) is 1. The Kier molecular flexibility index (Phi) is 2.15. The number of hydrogen-bond donors (Lipinski definition) is 2. The minimum Gasteiger partial charge on any atom is -0.398 e. The lowest BCUT2D eigenvalue weighted by atomic mass is 9.97. The largest absolute Gasteiger partial charge is 0.398 e. The van der Waals surface area contributed by atoms with Gasteiger partial charge in [0.25, 0.3) is 0 Å². The molecule has 3 aromatic rings. The van der Waals surface area contributed by atoms with Gasteiger partial charge in [0, 0.05) is 34.6 Å². The van der Waals surface area contributed by atoms with Crippen LogP contribution in [0, 0.1) is 0 Å². The van der Waals surface area contributed by atoms with E-state index in [1.165, 1.54) is 22.9 Å². The van der Waals surface area contributed by atoms with Crippen LogP contribution in [0.5, 0.6) is 0 Å². The highest BCUT2D eigenvalue weighted by atomic mass is 14.7. The van der Waals surface area contributed by atoms with Gasteiger partial charge in [-0.05, 0) is 36.5 Å². The van der Waals surface area contributed by atoms with E-state index in [0.717, 1.165) is 35.2 Å². The molecule has 3 nitrogen and oxygen atoms in total. The van der Waals surface area contributed by atoms with Crippen molar-refractivity contribution in [3.63, 3.8) is 0 Å². The second-order valence-electron chi connectivity index (χ2n) is 5.14. The van der Waals surface area contributed by atoms with Gasteiger partial charge in [0.05, 0.1) is 11.7 Å². The number of H-pyrrole nitrogens is 1. The summed E-state index contributed by atoms with van der Waals surface area (Å²) in [5.74, 6) is 0. The average molecular weight is 249 g/mol. The highest BCUT2D eigenvalue weighted by Gasteiger charge is 2.17. The number of hydrogen-bond acceptors (Lipinski definition) is 2. The van der Waals surface area contributed by atoms with Crippen LogP contribution in [0.15, 0.2) is 36.8 Å². The third-order valence-electron chi connectivity index (χ3n) is 4.09. The molecule has 0 radical (unpaired) electrons. The number of fused-ring (bicyclic) bond motifs is 2. The van der Waals surface area contributed by atoms with Gasteiger partial charge in [0.15, 0.2) is 0 Å². The minimum atomic E-state index is 0.936. The fourth-order valence-corrected chi connectivity index (χ4v) is 3.12. The van der Waals surface area contributed by atoms with Gasteiger partial charge in [0.1, 0.15) is 0 Å². The van der Waals surface area contributed by atoms with E-state index in [9.17, 15) is 0 Å². The maximum Gasteiger partial charge on any atom is 0.0646 e. The number of anilines is 1. The van der Waals surface area contributed by atoms with Crippen LogP contribution in [0.4, 0.5) is 5.69 Å². The topological polar surface area (TPSA) is 54.7 Å². The summed E-state index contributed by atoms with van der Waals surface area (Å²) in [6, 6.07) is 6.45. The zero-order valence-corrected chi connectivity index (χ0v) is 10.6. The highest BCUT2D eigenvalue weighted by molar-refractivity contribution is 5.97. The zero-order chi connectivity index (χ0) is 12.8. The van der Waals surface area contributed by atoms with E-state index in [-0.39, 0.29) is 0 Å². The molecule has 0 amide bonds. The van der Waals surface area contributed by atoms with Crippen LogP contribution >= 0.6 is 0 Å². The molecular formula is C16H15N3. The summed E-state index contributed by atoms with van der Waals surface area (Å²) < 4.78 is 0. The van der Waals surface area contributed by atoms with Gasteiger partial charge in [0.2, 0.25) is 0 Å². The van der Waals surface area contributed by atoms with E-state index < -0.39 is 0 Å². The molecule has 0 aliphatic heterocycles. The Labute approximate surface area is 111 Å². The van der Waals surface area contributed by atoms with E-state index in [2.05, 4.69) is 28.2 Å². The third kappa shape index (κ3) is 1.48. The van der Waals surface area contributed by atoms with Crippen molar-refractivity contribution < 1.29 is 0 Å². The molecule has 4 rings (SSSR count). The van der Waals surface area contributed by atoms with Crippen LogP contribution in [-0.2, 0) is 12.8 Å². The SMILES string of the molecule is Nc1c(-c2cncc3[nH]ccc23)ccc2c1CCC2. The predicted octanol–water partition coefficient (Wildman–Crippen LogP) is 3.30. The molecule has 0 saturated carbocycles. The number of pyridine rings is 1. The van der Waals surface area contributed by atoms with Crippen molar-refractivity contribution in [2.24, 2.45) is 0 Å². The number of benzene rings is 1. The first-order valence-electron chi connectivity index (χ1n) is 6.66. The van der Waals surface area contributed by atoms with E-state index in [1.807, 2.05) is 18.6 Å². The van der Waals surface area contributed by atoms with Gasteiger partial charge >= 0.3 is 0 Å². The molecule has 1 aromatic carbocycles. The first-order chi connectivity index (χ1) is 9.34. The van der Waals surface area contributed by atoms with E-state index >= 15 is 0 Å². The molecule has 0 atom stereocenters. The van der Waals surface area contributed by atoms with Crippen LogP contribution in [0.1, 0.15) is 17.5 Å². The Morgan fingerprint density at radius 2 is 2.00 bits per heavy atom. The van der Waals surface area contributed by atoms with E-state index in [4.69, 9.17) is 5.73 Å². The predicted molar refractivity (Wildman–Crippen MR) is 78.0 cm³/mol. The summed E-state index contributed by atoms with van der Waals surface area (Å²) in [5.41, 5.74) is 13.4. The summed E-state index contributed by atoms with van der Waals surface area (Å²) in [6.07, 6.45) is 9.18. The van der Waals surface area contributed by atoms with E-state index in [1.54, 1.807) is 0 Å². The second-order valence-corrected chi connectivity index (χ2v) is 5.14. The number of aromatic amines is 1. The Balaban J connectivity index is 2.00. The van der Waals surface area contributed by atoms with Gasteiger partial charge < -0.3 is 10.7 Å². The summed E-state index contributed by atoms with van der Waals surface area (Å²) in [7, 11) is 0. The Bertz CT molecular complexity index is 771. The maximum absolute atomic E-state index is 6.39. The average Bonchev–Trinajstić information content (AvgIpc) is 3.07. The molecule has 0 unspecified atom stereocenters. The molecule has 2 heterocycles. The first kappa shape index (κ1) is 10.6. The van der Waals surface area contributed by atoms with Crippen LogP contribution in [0.3, 0.4) is 0 Å². The van der Waals surface area contributed by atoms with Crippen LogP contribution in [0.2, 0.25) is 0 Å². The molecule has 0 saturated heterocycles. The van der Waals surface area contributed by atoms with Crippen LogP contribution in [0.25, 0.3) is 22.0 Å². The number of aryl methyl sites for hydroxylation is 1. The molecule has 19 heavy (non-hydrogen) atoms. The molecule has 2 aromatic heterocycles. The lowest BCUT2D eigenvalue weighted by Gasteiger charge is -2.11. The van der Waals surface area contributed by atoms with Crippen molar-refractivity contribution >= 4 is 16.6 Å². The summed E-state index contributed by atoms with van der Waals surface area (Å²) in [6.45, 7) is 0.